The summed E-state index contributed by atoms with van der Waals surface area (Å²) in [7, 11) is 1.57. The van der Waals surface area contributed by atoms with Crippen LogP contribution in [0.3, 0.4) is 0 Å². The van der Waals surface area contributed by atoms with Crippen LogP contribution >= 0.6 is 15.9 Å². The number of ether oxygens (including phenoxy) is 1. The normalized spacial score (nSPS) is 20.4. The van der Waals surface area contributed by atoms with Gasteiger partial charge in [0.25, 0.3) is 0 Å². The van der Waals surface area contributed by atoms with E-state index in [4.69, 9.17) is 4.74 Å². The van der Waals surface area contributed by atoms with E-state index in [1.807, 2.05) is 0 Å². The molecule has 1 aromatic carbocycles. The highest BCUT2D eigenvalue weighted by atomic mass is 79.9. The first-order chi connectivity index (χ1) is 7.63. The molecule has 2 amide bonds. The van der Waals surface area contributed by atoms with E-state index in [0.29, 0.717) is 11.4 Å². The van der Waals surface area contributed by atoms with E-state index in [1.165, 1.54) is 4.90 Å². The Balaban J connectivity index is 2.30. The Morgan fingerprint density at radius 1 is 1.31 bits per heavy atom. The smallest absolute Gasteiger partial charge is 0.248 e. The minimum atomic E-state index is -0.401. The fraction of sp³-hybridized carbons (Fsp3) is 0.273. The lowest BCUT2D eigenvalue weighted by atomic mass is 10.3. The zero-order valence-corrected chi connectivity index (χ0v) is 10.2. The molecule has 1 unspecified atom stereocenters. The molecule has 1 aliphatic heterocycles. The molecule has 5 heteroatoms. The third-order valence-corrected chi connectivity index (χ3v) is 3.14. The lowest BCUT2D eigenvalue weighted by molar-refractivity contribution is -0.121. The summed E-state index contributed by atoms with van der Waals surface area (Å²) >= 11 is 3.17. The zero-order valence-electron chi connectivity index (χ0n) is 8.64. The third-order valence-electron chi connectivity index (χ3n) is 2.42. The van der Waals surface area contributed by atoms with Gasteiger partial charge in [0, 0.05) is 6.42 Å². The van der Waals surface area contributed by atoms with Crippen LogP contribution in [0.1, 0.15) is 6.42 Å². The van der Waals surface area contributed by atoms with Crippen molar-refractivity contribution in [2.24, 2.45) is 0 Å². The molecule has 0 aromatic heterocycles. The molecule has 84 valence electrons. The second-order valence-corrected chi connectivity index (χ2v) is 4.54. The van der Waals surface area contributed by atoms with Gasteiger partial charge in [0.1, 0.15) is 10.6 Å². The molecular formula is C11H10BrNO3. The Hall–Kier alpha value is -1.36. The summed E-state index contributed by atoms with van der Waals surface area (Å²) in [5.41, 5.74) is 0.581. The van der Waals surface area contributed by atoms with Crippen molar-refractivity contribution in [1.82, 2.24) is 0 Å². The monoisotopic (exact) mass is 283 g/mol. The first-order valence-corrected chi connectivity index (χ1v) is 5.70. The maximum absolute atomic E-state index is 11.7. The zero-order chi connectivity index (χ0) is 11.7. The van der Waals surface area contributed by atoms with Crippen LogP contribution in [0.5, 0.6) is 5.75 Å². The second-order valence-electron chi connectivity index (χ2n) is 3.44. The number of anilines is 1. The van der Waals surface area contributed by atoms with Crippen LogP contribution in [-0.2, 0) is 9.59 Å². The number of rotatable bonds is 2. The molecule has 1 fully saturated rings. The summed E-state index contributed by atoms with van der Waals surface area (Å²) in [6.45, 7) is 0. The molecular weight excluding hydrogens is 274 g/mol. The van der Waals surface area contributed by atoms with Gasteiger partial charge < -0.3 is 4.74 Å². The van der Waals surface area contributed by atoms with Gasteiger partial charge in [-0.25, -0.2) is 4.90 Å². The number of halogens is 1. The number of imide groups is 1. The van der Waals surface area contributed by atoms with Crippen LogP contribution in [0, 0.1) is 0 Å². The number of hydrogen-bond donors (Lipinski definition) is 0. The summed E-state index contributed by atoms with van der Waals surface area (Å²) in [6, 6.07) is 6.83. The quantitative estimate of drug-likeness (QED) is 0.613. The fourth-order valence-electron chi connectivity index (χ4n) is 1.60. The number of carbonyl (C=O) groups excluding carboxylic acids is 2. The number of amides is 2. The van der Waals surface area contributed by atoms with Gasteiger partial charge in [0.15, 0.2) is 0 Å². The molecule has 0 bridgehead atoms. The predicted molar refractivity (Wildman–Crippen MR) is 62.8 cm³/mol. The van der Waals surface area contributed by atoms with Gasteiger partial charge >= 0.3 is 0 Å². The van der Waals surface area contributed by atoms with E-state index >= 15 is 0 Å². The van der Waals surface area contributed by atoms with Crippen LogP contribution in [0.4, 0.5) is 5.69 Å². The van der Waals surface area contributed by atoms with Crippen LogP contribution in [0.15, 0.2) is 24.3 Å². The van der Waals surface area contributed by atoms with Crippen molar-refractivity contribution in [2.45, 2.75) is 11.2 Å². The van der Waals surface area contributed by atoms with Crippen LogP contribution < -0.4 is 9.64 Å². The molecule has 4 nitrogen and oxygen atoms in total. The number of carbonyl (C=O) groups is 2. The Morgan fingerprint density at radius 2 is 1.94 bits per heavy atom. The first-order valence-electron chi connectivity index (χ1n) is 4.78. The molecule has 2 rings (SSSR count). The predicted octanol–water partition coefficient (Wildman–Crippen LogP) is 1.72. The Morgan fingerprint density at radius 3 is 2.38 bits per heavy atom. The number of hydrogen-bond acceptors (Lipinski definition) is 3. The van der Waals surface area contributed by atoms with Crippen molar-refractivity contribution in [3.63, 3.8) is 0 Å². The molecule has 1 aromatic rings. The summed E-state index contributed by atoms with van der Waals surface area (Å²) in [6.07, 6.45) is 0.213. The molecule has 0 saturated carbocycles. The Bertz CT molecular complexity index is 429. The molecule has 1 aliphatic rings. The average Bonchev–Trinajstić information content (AvgIpc) is 2.54. The first kappa shape index (κ1) is 11.1. The standard InChI is InChI=1S/C11H10BrNO3/c1-16-8-4-2-7(3-5-8)13-10(14)6-9(12)11(13)15/h2-5,9H,6H2,1H3. The highest BCUT2D eigenvalue weighted by Crippen LogP contribution is 2.27. The molecule has 0 radical (unpaired) electrons. The van der Waals surface area contributed by atoms with Gasteiger partial charge in [-0.2, -0.15) is 0 Å². The van der Waals surface area contributed by atoms with E-state index in [9.17, 15) is 9.59 Å². The molecule has 0 spiro atoms. The fourth-order valence-corrected chi connectivity index (χ4v) is 2.08. The third kappa shape index (κ3) is 1.82. The van der Waals surface area contributed by atoms with Crippen molar-refractivity contribution < 1.29 is 14.3 Å². The molecule has 0 N–H and O–H groups in total. The maximum atomic E-state index is 11.7. The number of alkyl halides is 1. The second kappa shape index (κ2) is 4.25. The van der Waals surface area contributed by atoms with Gasteiger partial charge in [0.05, 0.1) is 12.8 Å². The molecule has 1 saturated heterocycles. The maximum Gasteiger partial charge on any atom is 0.248 e. The van der Waals surface area contributed by atoms with Gasteiger partial charge in [0.2, 0.25) is 11.8 Å². The lowest BCUT2D eigenvalue weighted by Crippen LogP contribution is -2.30. The van der Waals surface area contributed by atoms with Crippen molar-refractivity contribution in [3.05, 3.63) is 24.3 Å². The highest BCUT2D eigenvalue weighted by molar-refractivity contribution is 9.10. The van der Waals surface area contributed by atoms with Crippen LogP contribution in [-0.4, -0.2) is 23.8 Å². The van der Waals surface area contributed by atoms with Gasteiger partial charge in [-0.05, 0) is 24.3 Å². The van der Waals surface area contributed by atoms with E-state index in [-0.39, 0.29) is 18.2 Å². The van der Waals surface area contributed by atoms with Crippen LogP contribution in [0.2, 0.25) is 0 Å². The van der Waals surface area contributed by atoms with E-state index in [0.717, 1.165) is 0 Å². The number of nitrogens with zero attached hydrogens (tertiary/aromatic N) is 1. The number of benzene rings is 1. The lowest BCUT2D eigenvalue weighted by Gasteiger charge is -2.14. The van der Waals surface area contributed by atoms with Crippen molar-refractivity contribution >= 4 is 33.4 Å². The topological polar surface area (TPSA) is 46.6 Å². The summed E-state index contributed by atoms with van der Waals surface area (Å²) in [5.74, 6) is 0.297. The van der Waals surface area contributed by atoms with Crippen LogP contribution in [0.25, 0.3) is 0 Å². The largest absolute Gasteiger partial charge is 0.497 e. The average molecular weight is 284 g/mol. The van der Waals surface area contributed by atoms with Gasteiger partial charge in [-0.15, -0.1) is 0 Å². The minimum Gasteiger partial charge on any atom is -0.497 e. The molecule has 0 aliphatic carbocycles. The van der Waals surface area contributed by atoms with E-state index in [1.54, 1.807) is 31.4 Å². The minimum absolute atomic E-state index is 0.183. The van der Waals surface area contributed by atoms with Gasteiger partial charge in [-0.1, -0.05) is 15.9 Å². The SMILES string of the molecule is COc1ccc(N2C(=O)CC(Br)C2=O)cc1. The summed E-state index contributed by atoms with van der Waals surface area (Å²) < 4.78 is 5.01. The Kier molecular flexibility index (Phi) is 2.96. The van der Waals surface area contributed by atoms with E-state index in [2.05, 4.69) is 15.9 Å². The Labute approximate surface area is 101 Å². The highest BCUT2D eigenvalue weighted by Gasteiger charge is 2.37. The van der Waals surface area contributed by atoms with E-state index < -0.39 is 4.83 Å². The molecule has 1 atom stereocenters. The van der Waals surface area contributed by atoms with Crippen molar-refractivity contribution in [1.29, 1.82) is 0 Å². The van der Waals surface area contributed by atoms with Crippen molar-refractivity contribution in [2.75, 3.05) is 12.0 Å². The van der Waals surface area contributed by atoms with Crippen molar-refractivity contribution in [3.8, 4) is 5.75 Å². The number of methoxy groups -OCH3 is 1. The molecule has 16 heavy (non-hydrogen) atoms. The summed E-state index contributed by atoms with van der Waals surface area (Å²) in [4.78, 5) is 24.1. The molecule has 1 heterocycles. The van der Waals surface area contributed by atoms with Gasteiger partial charge in [-0.3, -0.25) is 9.59 Å². The summed E-state index contributed by atoms with van der Waals surface area (Å²) in [5, 5.41) is 0.